The van der Waals surface area contributed by atoms with E-state index < -0.39 is 9.04 Å². The van der Waals surface area contributed by atoms with Gasteiger partial charge >= 0.3 is 0 Å². The SMILES string of the molecule is C[SiH](OCC(CN)c1ccccc1)C(C)(C)C. The topological polar surface area (TPSA) is 35.2 Å². The standard InChI is InChI=1S/C14H25NOSi/c1-14(2,3)17(4)16-11-13(10-15)12-8-6-5-7-9-12/h5-9,13,17H,10-11,15H2,1-4H3. The normalized spacial score (nSPS) is 15.6. The molecule has 1 aromatic rings. The molecule has 2 atom stereocenters. The van der Waals surface area contributed by atoms with Crippen LogP contribution in [0.15, 0.2) is 30.3 Å². The zero-order chi connectivity index (χ0) is 12.9. The van der Waals surface area contributed by atoms with Crippen LogP contribution in [0, 0.1) is 0 Å². The quantitative estimate of drug-likeness (QED) is 0.817. The predicted molar refractivity (Wildman–Crippen MR) is 76.9 cm³/mol. The van der Waals surface area contributed by atoms with E-state index in [9.17, 15) is 0 Å². The highest BCUT2D eigenvalue weighted by atomic mass is 28.3. The molecular weight excluding hydrogens is 226 g/mol. The monoisotopic (exact) mass is 251 g/mol. The summed E-state index contributed by atoms with van der Waals surface area (Å²) in [7, 11) is -1.14. The van der Waals surface area contributed by atoms with Crippen LogP contribution in [-0.2, 0) is 4.43 Å². The van der Waals surface area contributed by atoms with Gasteiger partial charge < -0.3 is 10.2 Å². The van der Waals surface area contributed by atoms with Gasteiger partial charge in [-0.2, -0.15) is 0 Å². The average molecular weight is 251 g/mol. The maximum Gasteiger partial charge on any atom is 0.179 e. The number of nitrogens with two attached hydrogens (primary N) is 1. The van der Waals surface area contributed by atoms with Gasteiger partial charge in [-0.25, -0.2) is 0 Å². The van der Waals surface area contributed by atoms with Gasteiger partial charge in [0.25, 0.3) is 0 Å². The van der Waals surface area contributed by atoms with E-state index in [0.29, 0.717) is 17.5 Å². The van der Waals surface area contributed by atoms with Gasteiger partial charge in [-0.1, -0.05) is 51.1 Å². The highest BCUT2D eigenvalue weighted by molar-refractivity contribution is 6.53. The summed E-state index contributed by atoms with van der Waals surface area (Å²) in [5, 5.41) is 0.315. The van der Waals surface area contributed by atoms with Gasteiger partial charge in [0.05, 0.1) is 0 Å². The number of benzene rings is 1. The van der Waals surface area contributed by atoms with E-state index in [2.05, 4.69) is 51.6 Å². The Kier molecular flexibility index (Phi) is 5.37. The van der Waals surface area contributed by atoms with E-state index in [0.717, 1.165) is 6.61 Å². The first-order chi connectivity index (χ1) is 7.95. The van der Waals surface area contributed by atoms with E-state index in [1.807, 2.05) is 6.07 Å². The Balaban J connectivity index is 2.55. The van der Waals surface area contributed by atoms with Gasteiger partial charge in [-0.3, -0.25) is 0 Å². The van der Waals surface area contributed by atoms with Crippen molar-refractivity contribution in [3.05, 3.63) is 35.9 Å². The van der Waals surface area contributed by atoms with Gasteiger partial charge in [0.1, 0.15) is 0 Å². The van der Waals surface area contributed by atoms with Gasteiger partial charge in [-0.05, 0) is 17.1 Å². The Morgan fingerprint density at radius 1 is 1.24 bits per heavy atom. The largest absolute Gasteiger partial charge is 0.419 e. The first kappa shape index (κ1) is 14.4. The van der Waals surface area contributed by atoms with Gasteiger partial charge in [0, 0.05) is 19.1 Å². The molecule has 2 unspecified atom stereocenters. The van der Waals surface area contributed by atoms with E-state index >= 15 is 0 Å². The van der Waals surface area contributed by atoms with Crippen LogP contribution in [0.5, 0.6) is 0 Å². The lowest BCUT2D eigenvalue weighted by Crippen LogP contribution is -2.29. The zero-order valence-corrected chi connectivity index (χ0v) is 12.6. The van der Waals surface area contributed by atoms with Crippen molar-refractivity contribution in [2.75, 3.05) is 13.2 Å². The smallest absolute Gasteiger partial charge is 0.179 e. The molecule has 0 heterocycles. The highest BCUT2D eigenvalue weighted by Gasteiger charge is 2.24. The molecule has 0 saturated heterocycles. The molecule has 2 N–H and O–H groups in total. The van der Waals surface area contributed by atoms with Gasteiger partial charge in [0.15, 0.2) is 9.04 Å². The molecule has 0 aliphatic carbocycles. The van der Waals surface area contributed by atoms with E-state index in [1.165, 1.54) is 5.56 Å². The Labute approximate surface area is 107 Å². The van der Waals surface area contributed by atoms with Crippen molar-refractivity contribution >= 4 is 9.04 Å². The third-order valence-corrected chi connectivity index (χ3v) is 6.45. The predicted octanol–water partition coefficient (Wildman–Crippen LogP) is 2.90. The molecule has 0 amide bonds. The summed E-state index contributed by atoms with van der Waals surface area (Å²) in [4.78, 5) is 0. The summed E-state index contributed by atoms with van der Waals surface area (Å²) >= 11 is 0. The first-order valence-corrected chi connectivity index (χ1v) is 8.52. The van der Waals surface area contributed by atoms with Crippen LogP contribution in [0.25, 0.3) is 0 Å². The number of hydrogen-bond donors (Lipinski definition) is 1. The summed E-state index contributed by atoms with van der Waals surface area (Å²) in [5.74, 6) is 0.327. The van der Waals surface area contributed by atoms with Crippen molar-refractivity contribution in [2.45, 2.75) is 38.3 Å². The Bertz CT molecular complexity index is 321. The van der Waals surface area contributed by atoms with Crippen molar-refractivity contribution in [1.82, 2.24) is 0 Å². The minimum Gasteiger partial charge on any atom is -0.419 e. The van der Waals surface area contributed by atoms with Crippen LogP contribution in [0.4, 0.5) is 0 Å². The maximum absolute atomic E-state index is 6.07. The fraction of sp³-hybridized carbons (Fsp3) is 0.571. The highest BCUT2D eigenvalue weighted by Crippen LogP contribution is 2.28. The van der Waals surface area contributed by atoms with Crippen LogP contribution in [0.3, 0.4) is 0 Å². The molecular formula is C14H25NOSi. The van der Waals surface area contributed by atoms with Crippen molar-refractivity contribution in [3.8, 4) is 0 Å². The second-order valence-electron chi connectivity index (χ2n) is 5.68. The summed E-state index contributed by atoms with van der Waals surface area (Å²) in [6.07, 6.45) is 0. The van der Waals surface area contributed by atoms with Crippen molar-refractivity contribution in [3.63, 3.8) is 0 Å². The number of hydrogen-bond acceptors (Lipinski definition) is 2. The van der Waals surface area contributed by atoms with Gasteiger partial charge in [-0.15, -0.1) is 0 Å². The first-order valence-electron chi connectivity index (χ1n) is 6.31. The minimum atomic E-state index is -1.14. The molecule has 0 aliphatic heterocycles. The fourth-order valence-electron chi connectivity index (χ4n) is 1.54. The summed E-state index contributed by atoms with van der Waals surface area (Å²) in [5.41, 5.74) is 7.12. The molecule has 2 nitrogen and oxygen atoms in total. The maximum atomic E-state index is 6.07. The molecule has 17 heavy (non-hydrogen) atoms. The molecule has 3 heteroatoms. The lowest BCUT2D eigenvalue weighted by atomic mass is 10.0. The lowest BCUT2D eigenvalue weighted by molar-refractivity contribution is 0.280. The lowest BCUT2D eigenvalue weighted by Gasteiger charge is -2.27. The van der Waals surface area contributed by atoms with Crippen LogP contribution in [-0.4, -0.2) is 22.2 Å². The minimum absolute atomic E-state index is 0.315. The third-order valence-electron chi connectivity index (χ3n) is 3.32. The molecule has 0 saturated carbocycles. The second kappa shape index (κ2) is 6.33. The van der Waals surface area contributed by atoms with Crippen molar-refractivity contribution in [2.24, 2.45) is 5.73 Å². The number of rotatable bonds is 5. The summed E-state index contributed by atoms with van der Waals surface area (Å²) in [6, 6.07) is 10.4. The molecule has 1 aromatic carbocycles. The molecule has 0 spiro atoms. The van der Waals surface area contributed by atoms with E-state index in [-0.39, 0.29) is 0 Å². The summed E-state index contributed by atoms with van der Waals surface area (Å²) < 4.78 is 6.07. The molecule has 96 valence electrons. The van der Waals surface area contributed by atoms with Crippen LogP contribution >= 0.6 is 0 Å². The average Bonchev–Trinajstić information content (AvgIpc) is 2.29. The molecule has 0 radical (unpaired) electrons. The van der Waals surface area contributed by atoms with Crippen LogP contribution in [0.2, 0.25) is 11.6 Å². The van der Waals surface area contributed by atoms with Crippen molar-refractivity contribution in [1.29, 1.82) is 0 Å². The van der Waals surface area contributed by atoms with Crippen LogP contribution in [0.1, 0.15) is 32.3 Å². The van der Waals surface area contributed by atoms with Crippen LogP contribution < -0.4 is 5.73 Å². The van der Waals surface area contributed by atoms with Crippen molar-refractivity contribution < 1.29 is 4.43 Å². The fourth-order valence-corrected chi connectivity index (χ4v) is 2.56. The Hall–Kier alpha value is -0.643. The molecule has 0 fully saturated rings. The van der Waals surface area contributed by atoms with E-state index in [4.69, 9.17) is 10.2 Å². The second-order valence-corrected chi connectivity index (χ2v) is 9.03. The third kappa shape index (κ3) is 4.62. The summed E-state index contributed by atoms with van der Waals surface area (Å²) in [6.45, 7) is 10.4. The molecule has 0 aliphatic rings. The zero-order valence-electron chi connectivity index (χ0n) is 11.4. The molecule has 0 aromatic heterocycles. The Morgan fingerprint density at radius 2 is 1.82 bits per heavy atom. The Morgan fingerprint density at radius 3 is 2.29 bits per heavy atom. The molecule has 1 rings (SSSR count). The van der Waals surface area contributed by atoms with Gasteiger partial charge in [0.2, 0.25) is 0 Å². The molecule has 0 bridgehead atoms. The van der Waals surface area contributed by atoms with E-state index in [1.54, 1.807) is 0 Å².